The summed E-state index contributed by atoms with van der Waals surface area (Å²) in [6.07, 6.45) is 5.11. The maximum atomic E-state index is 12.2. The number of rotatable bonds is 2. The summed E-state index contributed by atoms with van der Waals surface area (Å²) in [6.45, 7) is 0. The van der Waals surface area contributed by atoms with Crippen LogP contribution in [0.5, 0.6) is 0 Å². The van der Waals surface area contributed by atoms with Gasteiger partial charge in [0, 0.05) is 33.0 Å². The van der Waals surface area contributed by atoms with E-state index in [1.807, 2.05) is 5.38 Å². The molecule has 2 atom stereocenters. The maximum Gasteiger partial charge on any atom is 0.230 e. The van der Waals surface area contributed by atoms with Crippen molar-refractivity contribution in [3.63, 3.8) is 0 Å². The Morgan fingerprint density at radius 2 is 2.00 bits per heavy atom. The van der Waals surface area contributed by atoms with Crippen LogP contribution in [0.3, 0.4) is 0 Å². The van der Waals surface area contributed by atoms with Crippen molar-refractivity contribution in [1.82, 2.24) is 5.32 Å². The Labute approximate surface area is 124 Å². The Balaban J connectivity index is 1.91. The molecule has 2 unspecified atom stereocenters. The molecular weight excluding hydrogens is 326 g/mol. The van der Waals surface area contributed by atoms with Gasteiger partial charge in [-0.05, 0) is 40.8 Å². The van der Waals surface area contributed by atoms with Gasteiger partial charge in [-0.2, -0.15) is 0 Å². The molecule has 0 spiro atoms. The monoisotopic (exact) mass is 341 g/mol. The lowest BCUT2D eigenvalue weighted by Gasteiger charge is -2.33. The lowest BCUT2D eigenvalue weighted by Crippen LogP contribution is -2.47. The first-order valence-electron chi connectivity index (χ1n) is 6.73. The van der Waals surface area contributed by atoms with Crippen molar-refractivity contribution < 1.29 is 9.59 Å². The number of carbonyl (C=O) groups excluding carboxylic acids is 2. The molecule has 3 rings (SSSR count). The van der Waals surface area contributed by atoms with E-state index in [1.165, 1.54) is 12.8 Å². The van der Waals surface area contributed by atoms with Gasteiger partial charge in [0.25, 0.3) is 0 Å². The SMILES string of the molecule is O=C1CC(c2cc(Br)cs2)C(C2CCCC2)C(=O)N1. The molecule has 0 aromatic carbocycles. The van der Waals surface area contributed by atoms with Crippen molar-refractivity contribution in [2.75, 3.05) is 0 Å². The lowest BCUT2D eigenvalue weighted by molar-refractivity contribution is -0.138. The normalized spacial score (nSPS) is 28.7. The topological polar surface area (TPSA) is 46.2 Å². The van der Waals surface area contributed by atoms with Gasteiger partial charge in [0.2, 0.25) is 11.8 Å². The molecule has 102 valence electrons. The number of imide groups is 1. The van der Waals surface area contributed by atoms with Gasteiger partial charge in [-0.3, -0.25) is 14.9 Å². The largest absolute Gasteiger partial charge is 0.296 e. The molecule has 1 N–H and O–H groups in total. The van der Waals surface area contributed by atoms with E-state index in [9.17, 15) is 9.59 Å². The molecule has 1 saturated carbocycles. The fraction of sp³-hybridized carbons (Fsp3) is 0.571. The summed E-state index contributed by atoms with van der Waals surface area (Å²) in [7, 11) is 0. The van der Waals surface area contributed by atoms with Gasteiger partial charge < -0.3 is 0 Å². The highest BCUT2D eigenvalue weighted by Crippen LogP contribution is 2.44. The summed E-state index contributed by atoms with van der Waals surface area (Å²) in [4.78, 5) is 25.1. The minimum atomic E-state index is -0.131. The van der Waals surface area contributed by atoms with E-state index >= 15 is 0 Å². The van der Waals surface area contributed by atoms with Crippen LogP contribution in [0.2, 0.25) is 0 Å². The van der Waals surface area contributed by atoms with Crippen molar-refractivity contribution in [1.29, 1.82) is 0 Å². The second kappa shape index (κ2) is 5.37. The van der Waals surface area contributed by atoms with Crippen LogP contribution in [0, 0.1) is 11.8 Å². The molecule has 2 aliphatic rings. The van der Waals surface area contributed by atoms with Crippen LogP contribution in [0.4, 0.5) is 0 Å². The van der Waals surface area contributed by atoms with Crippen molar-refractivity contribution in [2.24, 2.45) is 11.8 Å². The number of piperidine rings is 1. The summed E-state index contributed by atoms with van der Waals surface area (Å²) in [6, 6.07) is 2.06. The van der Waals surface area contributed by atoms with Crippen LogP contribution in [0.25, 0.3) is 0 Å². The molecule has 5 heteroatoms. The number of halogens is 1. The first kappa shape index (κ1) is 13.3. The molecule has 1 aromatic rings. The molecule has 1 saturated heterocycles. The second-order valence-electron chi connectivity index (χ2n) is 5.46. The minimum absolute atomic E-state index is 0.0225. The average Bonchev–Trinajstić information content (AvgIpc) is 2.99. The maximum absolute atomic E-state index is 12.2. The van der Waals surface area contributed by atoms with Crippen LogP contribution in [0.1, 0.15) is 42.9 Å². The van der Waals surface area contributed by atoms with Gasteiger partial charge >= 0.3 is 0 Å². The fourth-order valence-electron chi connectivity index (χ4n) is 3.44. The average molecular weight is 342 g/mol. The molecule has 19 heavy (non-hydrogen) atoms. The van der Waals surface area contributed by atoms with Crippen molar-refractivity contribution in [3.8, 4) is 0 Å². The molecule has 0 bridgehead atoms. The van der Waals surface area contributed by atoms with Gasteiger partial charge in [0.05, 0.1) is 0 Å². The van der Waals surface area contributed by atoms with Crippen LogP contribution in [-0.2, 0) is 9.59 Å². The fourth-order valence-corrected chi connectivity index (χ4v) is 5.04. The molecule has 1 aromatic heterocycles. The number of hydrogen-bond donors (Lipinski definition) is 1. The van der Waals surface area contributed by atoms with Crippen LogP contribution < -0.4 is 5.32 Å². The lowest BCUT2D eigenvalue weighted by atomic mass is 9.75. The van der Waals surface area contributed by atoms with Gasteiger partial charge in [-0.25, -0.2) is 0 Å². The number of thiophene rings is 1. The van der Waals surface area contributed by atoms with E-state index in [-0.39, 0.29) is 23.7 Å². The predicted molar refractivity (Wildman–Crippen MR) is 78.0 cm³/mol. The Morgan fingerprint density at radius 3 is 2.63 bits per heavy atom. The Kier molecular flexibility index (Phi) is 3.76. The Morgan fingerprint density at radius 1 is 1.26 bits per heavy atom. The van der Waals surface area contributed by atoms with Crippen LogP contribution in [-0.4, -0.2) is 11.8 Å². The summed E-state index contributed by atoms with van der Waals surface area (Å²) < 4.78 is 1.04. The van der Waals surface area contributed by atoms with Crippen molar-refractivity contribution in [3.05, 3.63) is 20.8 Å². The number of hydrogen-bond acceptors (Lipinski definition) is 3. The highest BCUT2D eigenvalue weighted by Gasteiger charge is 2.42. The van der Waals surface area contributed by atoms with E-state index in [1.54, 1.807) is 11.3 Å². The summed E-state index contributed by atoms with van der Waals surface area (Å²) in [5.41, 5.74) is 0. The molecule has 0 radical (unpaired) electrons. The molecule has 1 aliphatic carbocycles. The van der Waals surface area contributed by atoms with Gasteiger partial charge in [0.15, 0.2) is 0 Å². The van der Waals surface area contributed by atoms with Gasteiger partial charge in [-0.15, -0.1) is 11.3 Å². The molecule has 2 heterocycles. The zero-order valence-corrected chi connectivity index (χ0v) is 12.9. The van der Waals surface area contributed by atoms with Crippen molar-refractivity contribution in [2.45, 2.75) is 38.0 Å². The predicted octanol–water partition coefficient (Wildman–Crippen LogP) is 3.45. The molecule has 2 fully saturated rings. The highest BCUT2D eigenvalue weighted by atomic mass is 79.9. The molecule has 2 amide bonds. The first-order valence-corrected chi connectivity index (χ1v) is 8.40. The Hall–Kier alpha value is -0.680. The van der Waals surface area contributed by atoms with E-state index in [0.29, 0.717) is 12.3 Å². The number of carbonyl (C=O) groups is 2. The van der Waals surface area contributed by atoms with Crippen molar-refractivity contribution >= 4 is 39.1 Å². The van der Waals surface area contributed by atoms with Gasteiger partial charge in [-0.1, -0.05) is 12.8 Å². The quantitative estimate of drug-likeness (QED) is 0.837. The summed E-state index contributed by atoms with van der Waals surface area (Å²) in [5, 5.41) is 4.55. The molecule has 3 nitrogen and oxygen atoms in total. The summed E-state index contributed by atoms with van der Waals surface area (Å²) in [5.74, 6) is 0.303. The van der Waals surface area contributed by atoms with E-state index in [0.717, 1.165) is 22.2 Å². The molecular formula is C14H16BrNO2S. The van der Waals surface area contributed by atoms with E-state index in [2.05, 4.69) is 27.3 Å². The third kappa shape index (κ3) is 2.63. The smallest absolute Gasteiger partial charge is 0.230 e. The third-order valence-corrected chi connectivity index (χ3v) is 6.09. The zero-order chi connectivity index (χ0) is 13.4. The van der Waals surface area contributed by atoms with E-state index < -0.39 is 0 Å². The molecule has 1 aliphatic heterocycles. The number of amides is 2. The standard InChI is InChI=1S/C14H16BrNO2S/c15-9-5-11(19-7-9)10-6-12(17)16-14(18)13(10)8-3-1-2-4-8/h5,7-8,10,13H,1-4,6H2,(H,16,17,18). The zero-order valence-electron chi connectivity index (χ0n) is 10.5. The Bertz CT molecular complexity index is 507. The van der Waals surface area contributed by atoms with Crippen LogP contribution >= 0.6 is 27.3 Å². The second-order valence-corrected chi connectivity index (χ2v) is 7.32. The first-order chi connectivity index (χ1) is 9.15. The summed E-state index contributed by atoms with van der Waals surface area (Å²) >= 11 is 5.10. The highest BCUT2D eigenvalue weighted by molar-refractivity contribution is 9.10. The minimum Gasteiger partial charge on any atom is -0.296 e. The van der Waals surface area contributed by atoms with Gasteiger partial charge in [0.1, 0.15) is 0 Å². The third-order valence-electron chi connectivity index (χ3n) is 4.27. The van der Waals surface area contributed by atoms with Crippen LogP contribution in [0.15, 0.2) is 15.9 Å². The van der Waals surface area contributed by atoms with E-state index in [4.69, 9.17) is 0 Å². The number of nitrogens with one attached hydrogen (secondary N) is 1.